The molecule has 0 spiro atoms. The summed E-state index contributed by atoms with van der Waals surface area (Å²) in [6.07, 6.45) is -8.80. The first kappa shape index (κ1) is 17.7. The summed E-state index contributed by atoms with van der Waals surface area (Å²) in [5, 5.41) is 0. The fourth-order valence-corrected chi connectivity index (χ4v) is 2.89. The molecule has 124 valence electrons. The summed E-state index contributed by atoms with van der Waals surface area (Å²) in [7, 11) is 0. The molecule has 0 fully saturated rings. The largest absolute Gasteiger partial charge is 0.416 e. The van der Waals surface area contributed by atoms with Gasteiger partial charge >= 0.3 is 12.4 Å². The van der Waals surface area contributed by atoms with Crippen molar-refractivity contribution in [3.63, 3.8) is 0 Å². The predicted octanol–water partition coefficient (Wildman–Crippen LogP) is 6.16. The van der Waals surface area contributed by atoms with Crippen molar-refractivity contribution in [3.8, 4) is 0 Å². The Balaban J connectivity index is 1.98. The van der Waals surface area contributed by atoms with E-state index in [2.05, 4.69) is 0 Å². The summed E-state index contributed by atoms with van der Waals surface area (Å²) in [4.78, 5) is 0. The molecule has 0 radical (unpaired) electrons. The van der Waals surface area contributed by atoms with Gasteiger partial charge in [0.1, 0.15) is 0 Å². The molecule has 0 aromatic heterocycles. The normalized spacial score (nSPS) is 12.4. The maximum Gasteiger partial charge on any atom is 0.416 e. The lowest BCUT2D eigenvalue weighted by Crippen LogP contribution is -2.05. The third kappa shape index (κ3) is 5.20. The zero-order chi connectivity index (χ0) is 17.1. The van der Waals surface area contributed by atoms with Gasteiger partial charge in [0.2, 0.25) is 0 Å². The van der Waals surface area contributed by atoms with E-state index in [0.717, 1.165) is 24.3 Å². The summed E-state index contributed by atoms with van der Waals surface area (Å²) in [5.41, 5.74) is -0.488. The maximum atomic E-state index is 12.6. The van der Waals surface area contributed by atoms with Crippen molar-refractivity contribution >= 4 is 11.8 Å². The van der Waals surface area contributed by atoms with Crippen molar-refractivity contribution in [2.45, 2.75) is 23.9 Å². The van der Waals surface area contributed by atoms with Gasteiger partial charge in [-0.05, 0) is 23.3 Å². The van der Waals surface area contributed by atoms with E-state index in [1.807, 2.05) is 0 Å². The van der Waals surface area contributed by atoms with Crippen LogP contribution in [0.5, 0.6) is 0 Å². The number of rotatable bonds is 4. The van der Waals surface area contributed by atoms with E-state index in [4.69, 9.17) is 0 Å². The molecule has 23 heavy (non-hydrogen) atoms. The second-order valence-electron chi connectivity index (χ2n) is 4.89. The highest BCUT2D eigenvalue weighted by Crippen LogP contribution is 2.32. The van der Waals surface area contributed by atoms with Gasteiger partial charge in [0.25, 0.3) is 0 Å². The minimum Gasteiger partial charge on any atom is -0.166 e. The third-order valence-corrected chi connectivity index (χ3v) is 4.12. The van der Waals surface area contributed by atoms with Crippen molar-refractivity contribution in [2.24, 2.45) is 0 Å². The van der Waals surface area contributed by atoms with Gasteiger partial charge < -0.3 is 0 Å². The highest BCUT2D eigenvalue weighted by atomic mass is 32.2. The number of halogens is 6. The Kier molecular flexibility index (Phi) is 5.29. The number of alkyl halides is 6. The molecule has 7 heteroatoms. The molecule has 2 aromatic carbocycles. The van der Waals surface area contributed by atoms with Crippen molar-refractivity contribution < 1.29 is 26.3 Å². The van der Waals surface area contributed by atoms with Crippen LogP contribution < -0.4 is 0 Å². The highest BCUT2D eigenvalue weighted by molar-refractivity contribution is 7.97. The lowest BCUT2D eigenvalue weighted by molar-refractivity contribution is -0.138. The Hall–Kier alpha value is -1.63. The van der Waals surface area contributed by atoms with Gasteiger partial charge in [-0.15, -0.1) is 0 Å². The fourth-order valence-electron chi connectivity index (χ4n) is 1.96. The Bertz CT molecular complexity index is 603. The van der Waals surface area contributed by atoms with E-state index in [1.54, 1.807) is 12.1 Å². The van der Waals surface area contributed by atoms with E-state index in [1.165, 1.54) is 23.9 Å². The fraction of sp³-hybridized carbons (Fsp3) is 0.250. The molecule has 0 saturated carbocycles. The zero-order valence-electron chi connectivity index (χ0n) is 11.7. The van der Waals surface area contributed by atoms with Crippen molar-refractivity contribution in [2.75, 3.05) is 0 Å². The van der Waals surface area contributed by atoms with Crippen LogP contribution in [0.3, 0.4) is 0 Å². The molecule has 0 heterocycles. The molecule has 2 rings (SSSR count). The Labute approximate surface area is 133 Å². The van der Waals surface area contributed by atoms with Crippen LogP contribution in [0.2, 0.25) is 0 Å². The smallest absolute Gasteiger partial charge is 0.166 e. The average molecular weight is 350 g/mol. The van der Waals surface area contributed by atoms with Crippen molar-refractivity contribution in [1.82, 2.24) is 0 Å². The van der Waals surface area contributed by atoms with E-state index in [9.17, 15) is 26.3 Å². The van der Waals surface area contributed by atoms with E-state index in [0.29, 0.717) is 22.6 Å². The summed E-state index contributed by atoms with van der Waals surface area (Å²) in [6.45, 7) is 0. The zero-order valence-corrected chi connectivity index (χ0v) is 12.5. The van der Waals surface area contributed by atoms with Gasteiger partial charge in [0.05, 0.1) is 11.1 Å². The van der Waals surface area contributed by atoms with Gasteiger partial charge in [-0.1, -0.05) is 36.4 Å². The molecular weight excluding hydrogens is 338 g/mol. The van der Waals surface area contributed by atoms with Gasteiger partial charge in [-0.3, -0.25) is 0 Å². The lowest BCUT2D eigenvalue weighted by Gasteiger charge is -2.10. The Morgan fingerprint density at radius 2 is 1.04 bits per heavy atom. The number of benzene rings is 2. The first-order valence-corrected chi connectivity index (χ1v) is 7.72. The number of thioether (sulfide) groups is 1. The second kappa shape index (κ2) is 6.86. The van der Waals surface area contributed by atoms with E-state index >= 15 is 0 Å². The molecule has 0 aliphatic rings. The number of hydrogen-bond donors (Lipinski definition) is 0. The molecule has 0 nitrogen and oxygen atoms in total. The van der Waals surface area contributed by atoms with Crippen LogP contribution in [0, 0.1) is 0 Å². The first-order valence-electron chi connectivity index (χ1n) is 6.56. The van der Waals surface area contributed by atoms with Crippen molar-refractivity contribution in [3.05, 3.63) is 70.8 Å². The molecule has 0 aliphatic heterocycles. The molecular formula is C16H12F6S. The summed E-state index contributed by atoms with van der Waals surface area (Å²) < 4.78 is 75.6. The highest BCUT2D eigenvalue weighted by Gasteiger charge is 2.31. The minimum absolute atomic E-state index is 0.292. The molecule has 0 bridgehead atoms. The first-order chi connectivity index (χ1) is 10.7. The van der Waals surface area contributed by atoms with Gasteiger partial charge in [-0.25, -0.2) is 0 Å². The van der Waals surface area contributed by atoms with Gasteiger partial charge in [0, 0.05) is 11.5 Å². The second-order valence-corrected chi connectivity index (χ2v) is 5.87. The predicted molar refractivity (Wildman–Crippen MR) is 77.9 cm³/mol. The van der Waals surface area contributed by atoms with Crippen LogP contribution in [0.1, 0.15) is 22.3 Å². The quantitative estimate of drug-likeness (QED) is 0.595. The number of hydrogen-bond acceptors (Lipinski definition) is 1. The molecule has 0 unspecified atom stereocenters. The topological polar surface area (TPSA) is 0 Å². The van der Waals surface area contributed by atoms with Crippen LogP contribution in [0.25, 0.3) is 0 Å². The molecule has 0 aliphatic carbocycles. The Morgan fingerprint density at radius 1 is 0.652 bits per heavy atom. The third-order valence-electron chi connectivity index (χ3n) is 3.05. The van der Waals surface area contributed by atoms with E-state index < -0.39 is 23.5 Å². The lowest BCUT2D eigenvalue weighted by atomic mass is 10.1. The SMILES string of the molecule is FC(F)(F)c1cccc(CSCc2cccc(C(F)(F)F)c2)c1. The molecule has 0 atom stereocenters. The average Bonchev–Trinajstić information content (AvgIpc) is 2.46. The standard InChI is InChI=1S/C16H12F6S/c17-15(18,19)13-5-1-3-11(7-13)9-23-10-12-4-2-6-14(8-12)16(20,21)22/h1-8H,9-10H2. The van der Waals surface area contributed by atoms with Crippen LogP contribution in [0.4, 0.5) is 26.3 Å². The van der Waals surface area contributed by atoms with Gasteiger partial charge in [0.15, 0.2) is 0 Å². The Morgan fingerprint density at radius 3 is 1.39 bits per heavy atom. The van der Waals surface area contributed by atoms with Gasteiger partial charge in [-0.2, -0.15) is 38.1 Å². The van der Waals surface area contributed by atoms with Crippen LogP contribution >= 0.6 is 11.8 Å². The maximum absolute atomic E-state index is 12.6. The van der Waals surface area contributed by atoms with Crippen molar-refractivity contribution in [1.29, 1.82) is 0 Å². The summed E-state index contributed by atoms with van der Waals surface area (Å²) in [5.74, 6) is 0.584. The molecule has 2 aromatic rings. The van der Waals surface area contributed by atoms with E-state index in [-0.39, 0.29) is 0 Å². The monoisotopic (exact) mass is 350 g/mol. The molecule has 0 saturated heterocycles. The summed E-state index contributed by atoms with van der Waals surface area (Å²) >= 11 is 1.26. The van der Waals surface area contributed by atoms with Crippen LogP contribution in [-0.2, 0) is 23.9 Å². The summed E-state index contributed by atoms with van der Waals surface area (Å²) in [6, 6.07) is 9.86. The molecule has 0 amide bonds. The van der Waals surface area contributed by atoms with Crippen LogP contribution in [0.15, 0.2) is 48.5 Å². The minimum atomic E-state index is -4.40. The van der Waals surface area contributed by atoms with Crippen LogP contribution in [-0.4, -0.2) is 0 Å². The molecule has 0 N–H and O–H groups in total.